The molecule has 2 fully saturated rings. The fraction of sp³-hybridized carbons (Fsp3) is 0.619. The number of carbonyl (C=O) groups excluding carboxylic acids is 2. The number of likely N-dealkylation sites (tertiary alicyclic amines) is 1. The molecule has 0 radical (unpaired) electrons. The molecule has 1 aromatic carbocycles. The van der Waals surface area contributed by atoms with Gasteiger partial charge in [-0.3, -0.25) is 4.79 Å². The van der Waals surface area contributed by atoms with E-state index in [1.54, 1.807) is 4.90 Å². The summed E-state index contributed by atoms with van der Waals surface area (Å²) in [4.78, 5) is 28.3. The standard InChI is InChI=1S/C21H29N3O2/c1-23(2)20(26)24-11-9-21(10-12-24)14-15(13-19(25)22-16-7-8-16)17-5-3-4-6-18(17)21/h3-6,15-16H,7-14H2,1-2H3,(H,22,25)/t15-/m1/s1. The number of nitrogens with zero attached hydrogens (tertiary/aromatic N) is 2. The highest BCUT2D eigenvalue weighted by atomic mass is 16.2. The number of carbonyl (C=O) groups is 2. The first-order valence-electron chi connectivity index (χ1n) is 9.83. The molecule has 1 spiro atoms. The number of amides is 3. The molecule has 3 aliphatic rings. The highest BCUT2D eigenvalue weighted by molar-refractivity contribution is 5.78. The normalized spacial score (nSPS) is 23.6. The first-order valence-corrected chi connectivity index (χ1v) is 9.83. The molecule has 0 bridgehead atoms. The summed E-state index contributed by atoms with van der Waals surface area (Å²) in [6.45, 7) is 1.60. The third-order valence-corrected chi connectivity index (χ3v) is 6.36. The Hall–Kier alpha value is -2.04. The highest BCUT2D eigenvalue weighted by Crippen LogP contribution is 2.52. The number of urea groups is 1. The Labute approximate surface area is 155 Å². The van der Waals surface area contributed by atoms with Gasteiger partial charge in [0.2, 0.25) is 5.91 Å². The molecule has 1 aromatic rings. The van der Waals surface area contributed by atoms with Gasteiger partial charge < -0.3 is 15.1 Å². The Morgan fingerprint density at radius 3 is 2.54 bits per heavy atom. The Morgan fingerprint density at radius 1 is 1.19 bits per heavy atom. The van der Waals surface area contributed by atoms with Gasteiger partial charge in [-0.05, 0) is 54.6 Å². The molecule has 1 N–H and O–H groups in total. The third-order valence-electron chi connectivity index (χ3n) is 6.36. The van der Waals surface area contributed by atoms with Crippen LogP contribution >= 0.6 is 0 Å². The van der Waals surface area contributed by atoms with Crippen LogP contribution in [0.2, 0.25) is 0 Å². The lowest BCUT2D eigenvalue weighted by Gasteiger charge is -2.41. The molecule has 1 aliphatic heterocycles. The molecule has 0 aromatic heterocycles. The zero-order chi connectivity index (χ0) is 18.3. The smallest absolute Gasteiger partial charge is 0.319 e. The lowest BCUT2D eigenvalue weighted by molar-refractivity contribution is -0.121. The Morgan fingerprint density at radius 2 is 1.88 bits per heavy atom. The topological polar surface area (TPSA) is 52.7 Å². The van der Waals surface area contributed by atoms with Crippen LogP contribution in [0.1, 0.15) is 55.6 Å². The maximum absolute atomic E-state index is 12.4. The monoisotopic (exact) mass is 355 g/mol. The van der Waals surface area contributed by atoms with Crippen molar-refractivity contribution in [2.24, 2.45) is 0 Å². The van der Waals surface area contributed by atoms with Crippen molar-refractivity contribution >= 4 is 11.9 Å². The van der Waals surface area contributed by atoms with E-state index in [0.717, 1.165) is 45.2 Å². The predicted octanol–water partition coefficient (Wildman–Crippen LogP) is 2.86. The average molecular weight is 355 g/mol. The van der Waals surface area contributed by atoms with Crippen LogP contribution in [0.5, 0.6) is 0 Å². The van der Waals surface area contributed by atoms with Crippen LogP contribution < -0.4 is 5.32 Å². The lowest BCUT2D eigenvalue weighted by atomic mass is 9.73. The summed E-state index contributed by atoms with van der Waals surface area (Å²) in [5.41, 5.74) is 2.90. The van der Waals surface area contributed by atoms with E-state index in [2.05, 4.69) is 29.6 Å². The lowest BCUT2D eigenvalue weighted by Crippen LogP contribution is -2.47. The average Bonchev–Trinajstić information content (AvgIpc) is 3.40. The van der Waals surface area contributed by atoms with E-state index in [1.807, 2.05) is 19.0 Å². The Balaban J connectivity index is 1.49. The van der Waals surface area contributed by atoms with Crippen LogP contribution in [0.15, 0.2) is 24.3 Å². The quantitative estimate of drug-likeness (QED) is 0.906. The molecular formula is C21H29N3O2. The number of hydrogen-bond donors (Lipinski definition) is 1. The minimum absolute atomic E-state index is 0.103. The van der Waals surface area contributed by atoms with Gasteiger partial charge in [-0.2, -0.15) is 0 Å². The molecular weight excluding hydrogens is 326 g/mol. The second-order valence-electron chi connectivity index (χ2n) is 8.48. The number of benzene rings is 1. The second kappa shape index (κ2) is 6.60. The van der Waals surface area contributed by atoms with E-state index >= 15 is 0 Å². The zero-order valence-electron chi connectivity index (χ0n) is 15.8. The number of nitrogens with one attached hydrogen (secondary N) is 1. The molecule has 1 heterocycles. The minimum atomic E-state index is 0.103. The van der Waals surface area contributed by atoms with Crippen LogP contribution in [0.3, 0.4) is 0 Å². The van der Waals surface area contributed by atoms with Gasteiger partial charge in [0.15, 0.2) is 0 Å². The fourth-order valence-corrected chi connectivity index (χ4v) is 4.83. The summed E-state index contributed by atoms with van der Waals surface area (Å²) >= 11 is 0. The first kappa shape index (κ1) is 17.4. The van der Waals surface area contributed by atoms with Gasteiger partial charge in [-0.25, -0.2) is 4.79 Å². The maximum atomic E-state index is 12.4. The van der Waals surface area contributed by atoms with E-state index in [4.69, 9.17) is 0 Å². The zero-order valence-corrected chi connectivity index (χ0v) is 15.8. The van der Waals surface area contributed by atoms with Crippen molar-refractivity contribution < 1.29 is 9.59 Å². The minimum Gasteiger partial charge on any atom is -0.353 e. The van der Waals surface area contributed by atoms with Gasteiger partial charge in [0.05, 0.1) is 0 Å². The van der Waals surface area contributed by atoms with E-state index in [9.17, 15) is 9.59 Å². The van der Waals surface area contributed by atoms with Gasteiger partial charge in [0, 0.05) is 39.6 Å². The SMILES string of the molecule is CN(C)C(=O)N1CCC2(CC1)C[C@@H](CC(=O)NC1CC1)c1ccccc12. The highest BCUT2D eigenvalue weighted by Gasteiger charge is 2.46. The molecule has 4 rings (SSSR count). The van der Waals surface area contributed by atoms with Gasteiger partial charge in [-0.15, -0.1) is 0 Å². The Bertz CT molecular complexity index is 703. The van der Waals surface area contributed by atoms with Crippen LogP contribution in [0.4, 0.5) is 4.79 Å². The molecule has 140 valence electrons. The van der Waals surface area contributed by atoms with E-state index in [1.165, 1.54) is 11.1 Å². The van der Waals surface area contributed by atoms with Gasteiger partial charge in [-0.1, -0.05) is 24.3 Å². The van der Waals surface area contributed by atoms with Gasteiger partial charge in [0.25, 0.3) is 0 Å². The van der Waals surface area contributed by atoms with E-state index in [-0.39, 0.29) is 17.4 Å². The number of rotatable bonds is 3. The largest absolute Gasteiger partial charge is 0.353 e. The van der Waals surface area contributed by atoms with Crippen molar-refractivity contribution in [1.82, 2.24) is 15.1 Å². The van der Waals surface area contributed by atoms with Crippen LogP contribution in [0.25, 0.3) is 0 Å². The van der Waals surface area contributed by atoms with Crippen molar-refractivity contribution in [3.63, 3.8) is 0 Å². The van der Waals surface area contributed by atoms with Crippen LogP contribution in [0, 0.1) is 0 Å². The summed E-state index contributed by atoms with van der Waals surface area (Å²) in [5.74, 6) is 0.505. The van der Waals surface area contributed by atoms with E-state index in [0.29, 0.717) is 18.4 Å². The van der Waals surface area contributed by atoms with Crippen molar-refractivity contribution in [2.75, 3.05) is 27.2 Å². The summed E-state index contributed by atoms with van der Waals surface area (Å²) < 4.78 is 0. The van der Waals surface area contributed by atoms with Gasteiger partial charge in [0.1, 0.15) is 0 Å². The van der Waals surface area contributed by atoms with Crippen LogP contribution in [-0.2, 0) is 10.2 Å². The molecule has 3 amide bonds. The van der Waals surface area contributed by atoms with Crippen LogP contribution in [-0.4, -0.2) is 55.0 Å². The third kappa shape index (κ3) is 3.19. The fourth-order valence-electron chi connectivity index (χ4n) is 4.83. The van der Waals surface area contributed by atoms with E-state index < -0.39 is 0 Å². The molecule has 5 heteroatoms. The molecule has 0 unspecified atom stereocenters. The van der Waals surface area contributed by atoms with Crippen molar-refractivity contribution in [1.29, 1.82) is 0 Å². The molecule has 1 saturated heterocycles. The van der Waals surface area contributed by atoms with Gasteiger partial charge >= 0.3 is 6.03 Å². The van der Waals surface area contributed by atoms with Crippen molar-refractivity contribution in [2.45, 2.75) is 55.9 Å². The number of fused-ring (bicyclic) bond motifs is 2. The summed E-state index contributed by atoms with van der Waals surface area (Å²) in [7, 11) is 3.62. The summed E-state index contributed by atoms with van der Waals surface area (Å²) in [6, 6.07) is 9.19. The molecule has 5 nitrogen and oxygen atoms in total. The molecule has 1 saturated carbocycles. The number of piperidine rings is 1. The summed E-state index contributed by atoms with van der Waals surface area (Å²) in [5, 5.41) is 3.14. The number of hydrogen-bond acceptors (Lipinski definition) is 2. The molecule has 1 atom stereocenters. The van der Waals surface area contributed by atoms with Crippen molar-refractivity contribution in [3.05, 3.63) is 35.4 Å². The second-order valence-corrected chi connectivity index (χ2v) is 8.48. The molecule has 26 heavy (non-hydrogen) atoms. The molecule has 2 aliphatic carbocycles. The first-order chi connectivity index (χ1) is 12.5. The maximum Gasteiger partial charge on any atom is 0.319 e. The predicted molar refractivity (Wildman–Crippen MR) is 101 cm³/mol. The van der Waals surface area contributed by atoms with Crippen molar-refractivity contribution in [3.8, 4) is 0 Å². The summed E-state index contributed by atoms with van der Waals surface area (Å²) in [6.07, 6.45) is 5.87. The Kier molecular flexibility index (Phi) is 4.41.